The van der Waals surface area contributed by atoms with Crippen LogP contribution >= 0.6 is 23.4 Å². The van der Waals surface area contributed by atoms with Gasteiger partial charge in [-0.25, -0.2) is 4.39 Å². The standard InChI is InChI=1S/C26H23ClFN5O2S/c1-16-10-11-17(2)22(12-16)30-24(34)15-36-26-32-31-23(33(26)19-7-5-6-18(27)13-19)14-29-25(35)20-8-3-4-9-21(20)28/h3-13H,14-15H2,1-2H3,(H,29,35)(H,30,34). The summed E-state index contributed by atoms with van der Waals surface area (Å²) in [7, 11) is 0. The molecule has 0 saturated carbocycles. The molecule has 36 heavy (non-hydrogen) atoms. The molecule has 4 aromatic rings. The van der Waals surface area contributed by atoms with E-state index < -0.39 is 11.7 Å². The van der Waals surface area contributed by atoms with E-state index in [-0.39, 0.29) is 23.8 Å². The molecular weight excluding hydrogens is 501 g/mol. The van der Waals surface area contributed by atoms with Gasteiger partial charge in [0, 0.05) is 10.7 Å². The number of halogens is 2. The van der Waals surface area contributed by atoms with Gasteiger partial charge in [0.25, 0.3) is 5.91 Å². The van der Waals surface area contributed by atoms with Crippen LogP contribution in [0.1, 0.15) is 27.3 Å². The van der Waals surface area contributed by atoms with Crippen molar-refractivity contribution in [2.75, 3.05) is 11.1 Å². The summed E-state index contributed by atoms with van der Waals surface area (Å²) in [5.41, 5.74) is 3.37. The average molecular weight is 524 g/mol. The van der Waals surface area contributed by atoms with Crippen LogP contribution in [0, 0.1) is 19.7 Å². The Balaban J connectivity index is 1.52. The Labute approximate surface area is 217 Å². The second kappa shape index (κ2) is 11.4. The third-order valence-electron chi connectivity index (χ3n) is 5.29. The van der Waals surface area contributed by atoms with E-state index in [9.17, 15) is 14.0 Å². The van der Waals surface area contributed by atoms with Crippen LogP contribution < -0.4 is 10.6 Å². The van der Waals surface area contributed by atoms with Gasteiger partial charge in [0.15, 0.2) is 11.0 Å². The summed E-state index contributed by atoms with van der Waals surface area (Å²) in [4.78, 5) is 25.2. The highest BCUT2D eigenvalue weighted by atomic mass is 35.5. The van der Waals surface area contributed by atoms with Crippen molar-refractivity contribution in [1.82, 2.24) is 20.1 Å². The topological polar surface area (TPSA) is 88.9 Å². The number of aromatic nitrogens is 3. The van der Waals surface area contributed by atoms with Gasteiger partial charge in [0.2, 0.25) is 5.91 Å². The number of benzene rings is 3. The fourth-order valence-electron chi connectivity index (χ4n) is 3.47. The number of hydrogen-bond acceptors (Lipinski definition) is 5. The predicted octanol–water partition coefficient (Wildman–Crippen LogP) is 5.34. The van der Waals surface area contributed by atoms with Crippen LogP contribution in [-0.2, 0) is 11.3 Å². The smallest absolute Gasteiger partial charge is 0.254 e. The maximum atomic E-state index is 14.0. The maximum Gasteiger partial charge on any atom is 0.254 e. The molecule has 4 rings (SSSR count). The molecular formula is C26H23ClFN5O2S. The lowest BCUT2D eigenvalue weighted by atomic mass is 10.1. The van der Waals surface area contributed by atoms with Gasteiger partial charge >= 0.3 is 0 Å². The van der Waals surface area contributed by atoms with E-state index in [0.29, 0.717) is 21.7 Å². The normalized spacial score (nSPS) is 10.8. The van der Waals surface area contributed by atoms with Crippen LogP contribution in [0.5, 0.6) is 0 Å². The molecule has 7 nitrogen and oxygen atoms in total. The molecule has 3 aromatic carbocycles. The van der Waals surface area contributed by atoms with Crippen molar-refractivity contribution in [2.45, 2.75) is 25.5 Å². The second-order valence-electron chi connectivity index (χ2n) is 8.03. The monoisotopic (exact) mass is 523 g/mol. The molecule has 0 atom stereocenters. The Bertz CT molecular complexity index is 1430. The number of rotatable bonds is 8. The SMILES string of the molecule is Cc1ccc(C)c(NC(=O)CSc2nnc(CNC(=O)c3ccccc3F)n2-c2cccc(Cl)c2)c1. The first-order chi connectivity index (χ1) is 17.3. The number of amides is 2. The molecule has 2 amide bonds. The zero-order valence-electron chi connectivity index (χ0n) is 19.6. The number of carbonyl (C=O) groups is 2. The van der Waals surface area contributed by atoms with E-state index in [1.54, 1.807) is 28.8 Å². The van der Waals surface area contributed by atoms with Gasteiger partial charge in [0.1, 0.15) is 5.82 Å². The minimum absolute atomic E-state index is 0.0120. The van der Waals surface area contributed by atoms with Crippen molar-refractivity contribution < 1.29 is 14.0 Å². The molecule has 2 N–H and O–H groups in total. The molecule has 0 aliphatic rings. The van der Waals surface area contributed by atoms with Crippen LogP contribution in [0.4, 0.5) is 10.1 Å². The zero-order chi connectivity index (χ0) is 25.7. The molecule has 0 saturated heterocycles. The Kier molecular flexibility index (Phi) is 8.02. The van der Waals surface area contributed by atoms with E-state index in [1.807, 2.05) is 38.1 Å². The Morgan fingerprint density at radius 2 is 1.83 bits per heavy atom. The van der Waals surface area contributed by atoms with Crippen molar-refractivity contribution in [1.29, 1.82) is 0 Å². The van der Waals surface area contributed by atoms with E-state index in [4.69, 9.17) is 11.6 Å². The van der Waals surface area contributed by atoms with Gasteiger partial charge < -0.3 is 10.6 Å². The lowest BCUT2D eigenvalue weighted by Crippen LogP contribution is -2.25. The third-order valence-corrected chi connectivity index (χ3v) is 6.46. The number of carbonyl (C=O) groups excluding carboxylic acids is 2. The summed E-state index contributed by atoms with van der Waals surface area (Å²) in [6, 6.07) is 18.7. The van der Waals surface area contributed by atoms with Crippen molar-refractivity contribution in [3.63, 3.8) is 0 Å². The molecule has 0 aliphatic carbocycles. The van der Waals surface area contributed by atoms with Crippen molar-refractivity contribution in [2.24, 2.45) is 0 Å². The van der Waals surface area contributed by atoms with Gasteiger partial charge in [-0.3, -0.25) is 14.2 Å². The highest BCUT2D eigenvalue weighted by Gasteiger charge is 2.18. The number of hydrogen-bond donors (Lipinski definition) is 2. The minimum atomic E-state index is -0.614. The third kappa shape index (κ3) is 6.10. The first-order valence-corrected chi connectivity index (χ1v) is 12.4. The second-order valence-corrected chi connectivity index (χ2v) is 9.41. The number of thioether (sulfide) groups is 1. The number of nitrogens with zero attached hydrogens (tertiary/aromatic N) is 3. The maximum absolute atomic E-state index is 14.0. The molecule has 0 spiro atoms. The molecule has 1 aromatic heterocycles. The zero-order valence-corrected chi connectivity index (χ0v) is 21.2. The van der Waals surface area contributed by atoms with Crippen molar-refractivity contribution in [3.8, 4) is 5.69 Å². The molecule has 1 heterocycles. The van der Waals surface area contributed by atoms with Crippen LogP contribution in [0.15, 0.2) is 71.9 Å². The van der Waals surface area contributed by atoms with Gasteiger partial charge in [-0.15, -0.1) is 10.2 Å². The van der Waals surface area contributed by atoms with E-state index >= 15 is 0 Å². The molecule has 0 unspecified atom stereocenters. The van der Waals surface area contributed by atoms with Gasteiger partial charge in [-0.1, -0.05) is 53.7 Å². The summed E-state index contributed by atoms with van der Waals surface area (Å²) in [5.74, 6) is -0.885. The Morgan fingerprint density at radius 3 is 2.61 bits per heavy atom. The highest BCUT2D eigenvalue weighted by molar-refractivity contribution is 7.99. The number of aryl methyl sites for hydroxylation is 2. The predicted molar refractivity (Wildman–Crippen MR) is 139 cm³/mol. The largest absolute Gasteiger partial charge is 0.345 e. The minimum Gasteiger partial charge on any atom is -0.345 e. The van der Waals surface area contributed by atoms with Gasteiger partial charge in [-0.05, 0) is 61.4 Å². The van der Waals surface area contributed by atoms with Crippen molar-refractivity contribution in [3.05, 3.63) is 100 Å². The van der Waals surface area contributed by atoms with E-state index in [2.05, 4.69) is 20.8 Å². The highest BCUT2D eigenvalue weighted by Crippen LogP contribution is 2.25. The fraction of sp³-hybridized carbons (Fsp3) is 0.154. The summed E-state index contributed by atoms with van der Waals surface area (Å²) >= 11 is 7.40. The number of anilines is 1. The Hall–Kier alpha value is -3.69. The van der Waals surface area contributed by atoms with Crippen LogP contribution in [0.25, 0.3) is 5.69 Å². The van der Waals surface area contributed by atoms with Crippen molar-refractivity contribution >= 4 is 40.9 Å². The first-order valence-electron chi connectivity index (χ1n) is 11.0. The molecule has 0 fully saturated rings. The van der Waals surface area contributed by atoms with E-state index in [0.717, 1.165) is 16.8 Å². The summed E-state index contributed by atoms with van der Waals surface area (Å²) < 4.78 is 15.7. The van der Waals surface area contributed by atoms with E-state index in [1.165, 1.54) is 30.0 Å². The van der Waals surface area contributed by atoms with Crippen LogP contribution in [0.3, 0.4) is 0 Å². The summed E-state index contributed by atoms with van der Waals surface area (Å²) in [6.07, 6.45) is 0. The lowest BCUT2D eigenvalue weighted by molar-refractivity contribution is -0.113. The average Bonchev–Trinajstić information content (AvgIpc) is 3.26. The summed E-state index contributed by atoms with van der Waals surface area (Å²) in [6.45, 7) is 3.88. The molecule has 0 bridgehead atoms. The van der Waals surface area contributed by atoms with Gasteiger partial charge in [0.05, 0.1) is 23.5 Å². The van der Waals surface area contributed by atoms with Crippen LogP contribution in [-0.4, -0.2) is 32.3 Å². The van der Waals surface area contributed by atoms with Crippen LogP contribution in [0.2, 0.25) is 5.02 Å². The molecule has 0 radical (unpaired) electrons. The first kappa shape index (κ1) is 25.4. The molecule has 0 aliphatic heterocycles. The molecule has 10 heteroatoms. The quantitative estimate of drug-likeness (QED) is 0.304. The fourth-order valence-corrected chi connectivity index (χ4v) is 4.42. The lowest BCUT2D eigenvalue weighted by Gasteiger charge is -2.12. The Morgan fingerprint density at radius 1 is 1.03 bits per heavy atom. The molecule has 184 valence electrons. The number of nitrogens with one attached hydrogen (secondary N) is 2. The summed E-state index contributed by atoms with van der Waals surface area (Å²) in [5, 5.41) is 15.0. The van der Waals surface area contributed by atoms with Gasteiger partial charge in [-0.2, -0.15) is 0 Å².